The van der Waals surface area contributed by atoms with Crippen LogP contribution in [0.2, 0.25) is 10.0 Å². The van der Waals surface area contributed by atoms with E-state index in [-0.39, 0.29) is 0 Å². The van der Waals surface area contributed by atoms with E-state index >= 15 is 0 Å². The van der Waals surface area contributed by atoms with E-state index in [4.69, 9.17) is 23.2 Å². The molecule has 1 unspecified atom stereocenters. The van der Waals surface area contributed by atoms with Crippen molar-refractivity contribution in [3.05, 3.63) is 74.8 Å². The van der Waals surface area contributed by atoms with Crippen LogP contribution in [0.1, 0.15) is 36.0 Å². The summed E-state index contributed by atoms with van der Waals surface area (Å²) in [6, 6.07) is 14.9. The van der Waals surface area contributed by atoms with E-state index < -0.39 is 0 Å². The molecule has 0 spiro atoms. The average Bonchev–Trinajstić information content (AvgIpc) is 2.55. The van der Waals surface area contributed by atoms with E-state index in [1.54, 1.807) is 0 Å². The highest BCUT2D eigenvalue weighted by Gasteiger charge is 2.25. The third-order valence-electron chi connectivity index (χ3n) is 4.49. The lowest BCUT2D eigenvalue weighted by Crippen LogP contribution is -2.26. The van der Waals surface area contributed by atoms with Crippen LogP contribution >= 0.6 is 23.2 Å². The highest BCUT2D eigenvalue weighted by Crippen LogP contribution is 2.40. The molecule has 0 heterocycles. The largest absolute Gasteiger partial charge is 0.314 e. The predicted octanol–water partition coefficient (Wildman–Crippen LogP) is 5.52. The highest BCUT2D eigenvalue weighted by atomic mass is 35.5. The number of hydrogen-bond donors (Lipinski definition) is 1. The molecule has 0 bridgehead atoms. The molecular weight excluding hydrogens is 313 g/mol. The fraction of sp³-hybridized carbons (Fsp3) is 0.263. The maximum atomic E-state index is 6.23. The molecule has 3 heteroatoms. The van der Waals surface area contributed by atoms with E-state index in [0.29, 0.717) is 22.0 Å². The van der Waals surface area contributed by atoms with Crippen LogP contribution in [-0.2, 0) is 0 Å². The second-order valence-corrected chi connectivity index (χ2v) is 6.60. The van der Waals surface area contributed by atoms with Crippen LogP contribution in [0.4, 0.5) is 0 Å². The Balaban J connectivity index is 2.07. The van der Waals surface area contributed by atoms with Gasteiger partial charge in [-0.1, -0.05) is 65.2 Å². The van der Waals surface area contributed by atoms with Gasteiger partial charge in [-0.15, -0.1) is 0 Å². The van der Waals surface area contributed by atoms with Gasteiger partial charge in [0.05, 0.1) is 10.0 Å². The molecule has 1 nitrogen and oxygen atoms in total. The number of rotatable bonds is 3. The molecule has 22 heavy (non-hydrogen) atoms. The topological polar surface area (TPSA) is 12.0 Å². The molecule has 0 fully saturated rings. The zero-order valence-corrected chi connectivity index (χ0v) is 14.2. The number of likely N-dealkylation sites (N-methyl/N-ethyl adjacent to an activating group) is 1. The Bertz CT molecular complexity index is 721. The maximum absolute atomic E-state index is 6.23. The minimum absolute atomic E-state index is 0.321. The lowest BCUT2D eigenvalue weighted by atomic mass is 9.77. The third-order valence-corrected chi connectivity index (χ3v) is 5.23. The van der Waals surface area contributed by atoms with E-state index in [0.717, 1.165) is 6.42 Å². The van der Waals surface area contributed by atoms with Crippen molar-refractivity contribution < 1.29 is 0 Å². The molecule has 1 aliphatic carbocycles. The van der Waals surface area contributed by atoms with Gasteiger partial charge in [0.15, 0.2) is 0 Å². The first-order valence-corrected chi connectivity index (χ1v) is 8.27. The number of benzene rings is 2. The molecule has 1 N–H and O–H groups in total. The number of fused-ring (bicyclic) bond motifs is 1. The smallest absolute Gasteiger partial charge is 0.0595 e. The van der Waals surface area contributed by atoms with E-state index in [2.05, 4.69) is 48.6 Å². The summed E-state index contributed by atoms with van der Waals surface area (Å²) in [6.07, 6.45) is 3.31. The maximum Gasteiger partial charge on any atom is 0.0595 e. The molecule has 0 amide bonds. The summed E-state index contributed by atoms with van der Waals surface area (Å²) in [4.78, 5) is 0. The summed E-state index contributed by atoms with van der Waals surface area (Å²) in [5.74, 6) is 0.321. The molecule has 2 aromatic carbocycles. The summed E-state index contributed by atoms with van der Waals surface area (Å²) < 4.78 is 0. The average molecular weight is 332 g/mol. The van der Waals surface area contributed by atoms with Crippen molar-refractivity contribution >= 4 is 29.3 Å². The zero-order chi connectivity index (χ0) is 15.7. The van der Waals surface area contributed by atoms with Gasteiger partial charge in [0, 0.05) is 12.0 Å². The van der Waals surface area contributed by atoms with E-state index in [9.17, 15) is 0 Å². The molecule has 0 radical (unpaired) electrons. The lowest BCUT2D eigenvalue weighted by molar-refractivity contribution is 0.636. The molecule has 0 aliphatic heterocycles. The lowest BCUT2D eigenvalue weighted by Gasteiger charge is -2.29. The fourth-order valence-corrected chi connectivity index (χ4v) is 3.38. The quantitative estimate of drug-likeness (QED) is 0.780. The molecule has 0 saturated carbocycles. The molecule has 0 saturated heterocycles. The van der Waals surface area contributed by atoms with Gasteiger partial charge in [-0.3, -0.25) is 0 Å². The van der Waals surface area contributed by atoms with Crippen LogP contribution in [0.25, 0.3) is 6.08 Å². The van der Waals surface area contributed by atoms with E-state index in [1.807, 2.05) is 19.2 Å². The normalized spacial score (nSPS) is 18.5. The van der Waals surface area contributed by atoms with Crippen molar-refractivity contribution in [3.8, 4) is 0 Å². The number of hydrogen-bond acceptors (Lipinski definition) is 1. The van der Waals surface area contributed by atoms with Crippen LogP contribution in [0.3, 0.4) is 0 Å². The van der Waals surface area contributed by atoms with Crippen molar-refractivity contribution in [2.45, 2.75) is 25.3 Å². The molecule has 3 rings (SSSR count). The zero-order valence-electron chi connectivity index (χ0n) is 12.7. The van der Waals surface area contributed by atoms with Crippen molar-refractivity contribution in [3.63, 3.8) is 0 Å². The standard InChI is InChI=1S/C19H19Cl2N/c1-12(22-2)15-9-13-5-3-4-6-16(13)17(10-15)14-7-8-18(20)19(21)11-14/h3-9,11-12,17,22H,10H2,1-2H3/t12?,17-/m0/s1. The monoisotopic (exact) mass is 331 g/mol. The van der Waals surface area contributed by atoms with E-state index in [1.165, 1.54) is 22.3 Å². The summed E-state index contributed by atoms with van der Waals surface area (Å²) in [5.41, 5.74) is 5.28. The van der Waals surface area contributed by atoms with Crippen LogP contribution in [-0.4, -0.2) is 13.1 Å². The number of halogens is 2. The van der Waals surface area contributed by atoms with Crippen LogP contribution in [0, 0.1) is 0 Å². The van der Waals surface area contributed by atoms with Gasteiger partial charge < -0.3 is 5.32 Å². The molecule has 2 atom stereocenters. The Morgan fingerprint density at radius 1 is 1.09 bits per heavy atom. The molecule has 114 valence electrons. The summed E-state index contributed by atoms with van der Waals surface area (Å²) >= 11 is 12.3. The van der Waals surface area contributed by atoms with Gasteiger partial charge >= 0.3 is 0 Å². The van der Waals surface area contributed by atoms with Crippen LogP contribution in [0.5, 0.6) is 0 Å². The molecule has 2 aromatic rings. The molecular formula is C19H19Cl2N. The Hall–Kier alpha value is -1.28. The van der Waals surface area contributed by atoms with Gasteiger partial charge in [-0.2, -0.15) is 0 Å². The number of nitrogens with one attached hydrogen (secondary N) is 1. The summed E-state index contributed by atoms with van der Waals surface area (Å²) in [6.45, 7) is 2.20. The summed E-state index contributed by atoms with van der Waals surface area (Å²) in [5, 5.41) is 4.57. The van der Waals surface area contributed by atoms with Gasteiger partial charge in [0.1, 0.15) is 0 Å². The van der Waals surface area contributed by atoms with Crippen LogP contribution < -0.4 is 5.32 Å². The van der Waals surface area contributed by atoms with Gasteiger partial charge in [0.25, 0.3) is 0 Å². The predicted molar refractivity (Wildman–Crippen MR) is 95.9 cm³/mol. The van der Waals surface area contributed by atoms with Crippen molar-refractivity contribution in [2.75, 3.05) is 7.05 Å². The van der Waals surface area contributed by atoms with Gasteiger partial charge in [0.2, 0.25) is 0 Å². The SMILES string of the molecule is CNC(C)C1=Cc2ccccc2[C@H](c2ccc(Cl)c(Cl)c2)C1. The molecule has 1 aliphatic rings. The highest BCUT2D eigenvalue weighted by molar-refractivity contribution is 6.42. The first kappa shape index (κ1) is 15.6. The Morgan fingerprint density at radius 3 is 2.59 bits per heavy atom. The fourth-order valence-electron chi connectivity index (χ4n) is 3.08. The van der Waals surface area contributed by atoms with Crippen molar-refractivity contribution in [1.82, 2.24) is 5.32 Å². The molecule has 0 aromatic heterocycles. The van der Waals surface area contributed by atoms with Gasteiger partial charge in [-0.25, -0.2) is 0 Å². The Morgan fingerprint density at radius 2 is 1.86 bits per heavy atom. The van der Waals surface area contributed by atoms with Gasteiger partial charge in [-0.05, 0) is 49.2 Å². The summed E-state index contributed by atoms with van der Waals surface area (Å²) in [7, 11) is 2.00. The minimum atomic E-state index is 0.321. The Labute approximate surface area is 142 Å². The first-order chi connectivity index (χ1) is 10.6. The second kappa shape index (κ2) is 6.45. The first-order valence-electron chi connectivity index (χ1n) is 7.51. The Kier molecular flexibility index (Phi) is 4.58. The minimum Gasteiger partial charge on any atom is -0.314 e. The van der Waals surface area contributed by atoms with Crippen molar-refractivity contribution in [2.24, 2.45) is 0 Å². The van der Waals surface area contributed by atoms with Crippen LogP contribution in [0.15, 0.2) is 48.0 Å². The van der Waals surface area contributed by atoms with Crippen molar-refractivity contribution in [1.29, 1.82) is 0 Å². The third kappa shape index (κ3) is 2.94. The second-order valence-electron chi connectivity index (χ2n) is 5.79.